The van der Waals surface area contributed by atoms with Gasteiger partial charge in [0, 0.05) is 36.8 Å². The molecule has 0 aliphatic heterocycles. The average molecular weight is 406 g/mol. The topological polar surface area (TPSA) is 112 Å². The number of aromatic nitrogens is 3. The van der Waals surface area contributed by atoms with Gasteiger partial charge in [0.05, 0.1) is 0 Å². The van der Waals surface area contributed by atoms with Crippen molar-refractivity contribution in [1.82, 2.24) is 25.8 Å². The van der Waals surface area contributed by atoms with Crippen molar-refractivity contribution in [3.05, 3.63) is 63.6 Å². The van der Waals surface area contributed by atoms with Crippen LogP contribution in [0.1, 0.15) is 41.4 Å². The van der Waals surface area contributed by atoms with Gasteiger partial charge in [-0.05, 0) is 54.5 Å². The highest BCUT2D eigenvalue weighted by atomic mass is 16.1. The minimum atomic E-state index is -0.245. The Morgan fingerprint density at radius 3 is 2.67 bits per heavy atom. The monoisotopic (exact) mass is 406 g/mol. The third kappa shape index (κ3) is 4.33. The molecule has 8 nitrogen and oxygen atoms in total. The molecule has 3 aromatic rings. The molecule has 1 amide bonds. The van der Waals surface area contributed by atoms with E-state index < -0.39 is 0 Å². The molecule has 30 heavy (non-hydrogen) atoms. The van der Waals surface area contributed by atoms with E-state index in [4.69, 9.17) is 0 Å². The maximum atomic E-state index is 12.0. The highest BCUT2D eigenvalue weighted by Crippen LogP contribution is 2.24. The molecule has 0 saturated heterocycles. The van der Waals surface area contributed by atoms with Gasteiger partial charge in [-0.3, -0.25) is 9.59 Å². The van der Waals surface area contributed by atoms with Gasteiger partial charge in [-0.1, -0.05) is 19.1 Å². The number of rotatable bonds is 7. The van der Waals surface area contributed by atoms with E-state index in [2.05, 4.69) is 43.3 Å². The molecule has 1 aliphatic rings. The van der Waals surface area contributed by atoms with Gasteiger partial charge in [-0.15, -0.1) is 10.2 Å². The molecule has 1 fully saturated rings. The number of nitrogens with one attached hydrogen (secondary N) is 4. The van der Waals surface area contributed by atoms with Crippen LogP contribution in [0.4, 0.5) is 5.82 Å². The van der Waals surface area contributed by atoms with Crippen molar-refractivity contribution < 1.29 is 4.79 Å². The quantitative estimate of drug-likeness (QED) is 0.477. The Labute approximate surface area is 174 Å². The Hall–Kier alpha value is -3.26. The van der Waals surface area contributed by atoms with Gasteiger partial charge in [0.2, 0.25) is 0 Å². The normalized spacial score (nSPS) is 18.1. The van der Waals surface area contributed by atoms with Gasteiger partial charge in [0.15, 0.2) is 5.69 Å². The van der Waals surface area contributed by atoms with Crippen molar-refractivity contribution >= 4 is 22.6 Å². The fourth-order valence-electron chi connectivity index (χ4n) is 3.70. The molecular weight excluding hydrogens is 380 g/mol. The second-order valence-corrected chi connectivity index (χ2v) is 7.67. The predicted octanol–water partition coefficient (Wildman–Crippen LogP) is 1.97. The summed E-state index contributed by atoms with van der Waals surface area (Å²) in [5, 5.41) is 18.5. The SMILES string of the molecule is CCc1cc2ccc(CNC3CC(Nc4ccc(C(=O)NC)nn4)C3)cc2[nH]c1=O. The van der Waals surface area contributed by atoms with Gasteiger partial charge in [-0.25, -0.2) is 0 Å². The molecule has 1 aliphatic carbocycles. The Kier molecular flexibility index (Phi) is 5.76. The number of aromatic amines is 1. The number of carbonyl (C=O) groups excluding carboxylic acids is 1. The lowest BCUT2D eigenvalue weighted by atomic mass is 9.86. The third-order valence-electron chi connectivity index (χ3n) is 5.58. The summed E-state index contributed by atoms with van der Waals surface area (Å²) >= 11 is 0. The van der Waals surface area contributed by atoms with Gasteiger partial charge in [-0.2, -0.15) is 0 Å². The molecule has 8 heteroatoms. The summed E-state index contributed by atoms with van der Waals surface area (Å²) in [6.45, 7) is 2.74. The van der Waals surface area contributed by atoms with Gasteiger partial charge in [0.1, 0.15) is 5.82 Å². The number of benzene rings is 1. The minimum absolute atomic E-state index is 0.00512. The molecule has 4 rings (SSSR count). The van der Waals surface area contributed by atoms with Crippen molar-refractivity contribution in [1.29, 1.82) is 0 Å². The average Bonchev–Trinajstić information content (AvgIpc) is 2.74. The van der Waals surface area contributed by atoms with Gasteiger partial charge in [0.25, 0.3) is 11.5 Å². The van der Waals surface area contributed by atoms with Crippen molar-refractivity contribution in [2.24, 2.45) is 0 Å². The molecule has 2 aromatic heterocycles. The zero-order chi connectivity index (χ0) is 21.1. The van der Waals surface area contributed by atoms with Crippen LogP contribution < -0.4 is 21.5 Å². The van der Waals surface area contributed by atoms with Crippen LogP contribution in [-0.2, 0) is 13.0 Å². The first-order valence-electron chi connectivity index (χ1n) is 10.3. The van der Waals surface area contributed by atoms with Gasteiger partial charge >= 0.3 is 0 Å². The van der Waals surface area contributed by atoms with Crippen LogP contribution in [0.3, 0.4) is 0 Å². The maximum Gasteiger partial charge on any atom is 0.271 e. The number of hydrogen-bond acceptors (Lipinski definition) is 6. The highest BCUT2D eigenvalue weighted by Gasteiger charge is 2.28. The Balaban J connectivity index is 1.27. The Morgan fingerprint density at radius 1 is 1.13 bits per heavy atom. The Morgan fingerprint density at radius 2 is 1.97 bits per heavy atom. The van der Waals surface area contributed by atoms with Crippen LogP contribution >= 0.6 is 0 Å². The van der Waals surface area contributed by atoms with Crippen LogP contribution in [-0.4, -0.2) is 40.2 Å². The highest BCUT2D eigenvalue weighted by molar-refractivity contribution is 5.91. The molecule has 4 N–H and O–H groups in total. The van der Waals surface area contributed by atoms with E-state index in [-0.39, 0.29) is 11.5 Å². The van der Waals surface area contributed by atoms with Crippen molar-refractivity contribution in [3.63, 3.8) is 0 Å². The molecule has 0 atom stereocenters. The first-order valence-corrected chi connectivity index (χ1v) is 10.3. The molecule has 0 radical (unpaired) electrons. The first-order chi connectivity index (χ1) is 14.6. The number of pyridine rings is 1. The molecular formula is C22H26N6O2. The summed E-state index contributed by atoms with van der Waals surface area (Å²) in [6, 6.07) is 12.4. The third-order valence-corrected chi connectivity index (χ3v) is 5.58. The lowest BCUT2D eigenvalue weighted by molar-refractivity contribution is 0.0957. The summed E-state index contributed by atoms with van der Waals surface area (Å²) in [5.41, 5.74) is 3.14. The number of fused-ring (bicyclic) bond motifs is 1. The number of nitrogens with zero attached hydrogens (tertiary/aromatic N) is 2. The largest absolute Gasteiger partial charge is 0.366 e. The van der Waals surface area contributed by atoms with Crippen LogP contribution in [0.2, 0.25) is 0 Å². The van der Waals surface area contributed by atoms with E-state index >= 15 is 0 Å². The van der Waals surface area contributed by atoms with E-state index in [1.165, 1.54) is 0 Å². The molecule has 2 heterocycles. The predicted molar refractivity (Wildman–Crippen MR) is 117 cm³/mol. The molecule has 0 unspecified atom stereocenters. The van der Waals surface area contributed by atoms with E-state index in [1.54, 1.807) is 19.2 Å². The zero-order valence-corrected chi connectivity index (χ0v) is 17.2. The van der Waals surface area contributed by atoms with Crippen molar-refractivity contribution in [2.75, 3.05) is 12.4 Å². The van der Waals surface area contributed by atoms with E-state index in [9.17, 15) is 9.59 Å². The number of carbonyl (C=O) groups is 1. The van der Waals surface area contributed by atoms with Crippen molar-refractivity contribution in [3.8, 4) is 0 Å². The summed E-state index contributed by atoms with van der Waals surface area (Å²) in [7, 11) is 1.57. The first kappa shape index (κ1) is 20.0. The lowest BCUT2D eigenvalue weighted by Gasteiger charge is -2.36. The molecule has 0 bridgehead atoms. The number of aryl methyl sites for hydroxylation is 1. The molecule has 156 valence electrons. The minimum Gasteiger partial charge on any atom is -0.366 e. The lowest BCUT2D eigenvalue weighted by Crippen LogP contribution is -2.47. The van der Waals surface area contributed by atoms with Crippen LogP contribution in [0.15, 0.2) is 41.2 Å². The summed E-state index contributed by atoms with van der Waals surface area (Å²) in [6.07, 6.45) is 2.71. The molecule has 0 spiro atoms. The zero-order valence-electron chi connectivity index (χ0n) is 17.2. The number of hydrogen-bond donors (Lipinski definition) is 4. The molecule has 1 aromatic carbocycles. The van der Waals surface area contributed by atoms with Crippen molar-refractivity contribution in [2.45, 2.75) is 44.8 Å². The van der Waals surface area contributed by atoms with Crippen LogP contribution in [0.5, 0.6) is 0 Å². The standard InChI is InChI=1S/C22H26N6O2/c1-3-14-9-15-5-4-13(8-19(15)26-21(14)29)12-24-16-10-17(11-16)25-20-7-6-18(27-28-20)22(30)23-2/h4-9,16-17,24H,3,10-12H2,1-2H3,(H,23,30)(H,25,28)(H,26,29). The fraction of sp³-hybridized carbons (Fsp3) is 0.364. The smallest absolute Gasteiger partial charge is 0.271 e. The van der Waals surface area contributed by atoms with E-state index in [0.717, 1.165) is 47.8 Å². The summed E-state index contributed by atoms with van der Waals surface area (Å²) < 4.78 is 0. The van der Waals surface area contributed by atoms with Gasteiger partial charge < -0.3 is 20.9 Å². The fourth-order valence-corrected chi connectivity index (χ4v) is 3.70. The molecule has 1 saturated carbocycles. The number of anilines is 1. The number of amides is 1. The summed E-state index contributed by atoms with van der Waals surface area (Å²) in [4.78, 5) is 26.5. The maximum absolute atomic E-state index is 12.0. The van der Waals surface area contributed by atoms with Crippen LogP contribution in [0.25, 0.3) is 10.9 Å². The van der Waals surface area contributed by atoms with Crippen LogP contribution in [0, 0.1) is 0 Å². The second kappa shape index (κ2) is 8.62. The second-order valence-electron chi connectivity index (χ2n) is 7.67. The Bertz CT molecular complexity index is 1100. The number of H-pyrrole nitrogens is 1. The van der Waals surface area contributed by atoms with E-state index in [0.29, 0.717) is 23.6 Å². The van der Waals surface area contributed by atoms with E-state index in [1.807, 2.05) is 19.1 Å². The summed E-state index contributed by atoms with van der Waals surface area (Å²) in [5.74, 6) is 0.432.